The Kier molecular flexibility index (Phi) is 9.20. The zero-order chi connectivity index (χ0) is 42.4. The molecule has 0 aliphatic rings. The molecule has 0 unspecified atom stereocenters. The summed E-state index contributed by atoms with van der Waals surface area (Å²) < 4.78 is 2.39. The summed E-state index contributed by atoms with van der Waals surface area (Å²) >= 11 is 0. The number of aromatic nitrogens is 1. The number of hydrogen-bond donors (Lipinski definition) is 0. The van der Waals surface area contributed by atoms with Gasteiger partial charge in [-0.2, -0.15) is 0 Å². The first-order valence-electron chi connectivity index (χ1n) is 22.0. The van der Waals surface area contributed by atoms with E-state index in [1.807, 2.05) is 0 Å². The SMILES string of the molecule is c1ccc(-c2ccc(-c3ccccc3N(c3ccc(-c4ccc5c6ccccc6n(-c6ccccc6)c5c4)cc3)c3ccc(-c4cccc5c4ccc4ccccc45)cc3)cc2)cc1. The van der Waals surface area contributed by atoms with E-state index in [0.717, 1.165) is 28.3 Å². The van der Waals surface area contributed by atoms with Crippen LogP contribution in [0.3, 0.4) is 0 Å². The van der Waals surface area contributed by atoms with Gasteiger partial charge in [-0.05, 0) is 115 Å². The van der Waals surface area contributed by atoms with Crippen molar-refractivity contribution in [2.45, 2.75) is 0 Å². The maximum Gasteiger partial charge on any atom is 0.0547 e. The lowest BCUT2D eigenvalue weighted by Gasteiger charge is -2.28. The minimum absolute atomic E-state index is 1.08. The molecule has 64 heavy (non-hydrogen) atoms. The topological polar surface area (TPSA) is 8.17 Å². The lowest BCUT2D eigenvalue weighted by atomic mass is 9.94. The van der Waals surface area contributed by atoms with Crippen LogP contribution in [0.1, 0.15) is 0 Å². The fraction of sp³-hybridized carbons (Fsp3) is 0. The average molecular weight is 815 g/mol. The van der Waals surface area contributed by atoms with Crippen molar-refractivity contribution in [2.75, 3.05) is 4.90 Å². The number of benzene rings is 11. The van der Waals surface area contributed by atoms with Gasteiger partial charge in [0.1, 0.15) is 0 Å². The number of hydrogen-bond acceptors (Lipinski definition) is 1. The molecule has 0 fully saturated rings. The zero-order valence-electron chi connectivity index (χ0n) is 35.1. The van der Waals surface area contributed by atoms with Crippen LogP contribution in [0.4, 0.5) is 17.1 Å². The summed E-state index contributed by atoms with van der Waals surface area (Å²) in [5.41, 5.74) is 16.3. The van der Waals surface area contributed by atoms with E-state index in [-0.39, 0.29) is 0 Å². The molecular weight excluding hydrogens is 773 g/mol. The standard InChI is InChI=1S/C62H42N2/c1-3-14-43(15-4-1)44-26-28-48(29-27-44)55-20-9-11-24-60(55)63(52-38-32-47(33-39-52)54-22-13-23-56-53-19-8-7-16-46(53)34-40-57(54)56)51-36-30-45(31-37-51)49-35-41-59-58-21-10-12-25-61(58)64(62(59)42-49)50-17-5-2-6-18-50/h1-42H. The molecule has 11 aromatic carbocycles. The molecule has 12 rings (SSSR count). The Hall–Kier alpha value is -8.46. The minimum atomic E-state index is 1.08. The molecule has 0 radical (unpaired) electrons. The third-order valence-electron chi connectivity index (χ3n) is 12.8. The van der Waals surface area contributed by atoms with Crippen LogP contribution in [-0.4, -0.2) is 4.57 Å². The van der Waals surface area contributed by atoms with Gasteiger partial charge in [0, 0.05) is 33.4 Å². The van der Waals surface area contributed by atoms with Gasteiger partial charge in [0.15, 0.2) is 0 Å². The van der Waals surface area contributed by atoms with Crippen molar-refractivity contribution >= 4 is 60.4 Å². The van der Waals surface area contributed by atoms with E-state index in [1.165, 1.54) is 82.3 Å². The molecule has 2 heteroatoms. The van der Waals surface area contributed by atoms with Crippen LogP contribution in [0.25, 0.3) is 93.5 Å². The van der Waals surface area contributed by atoms with Crippen LogP contribution >= 0.6 is 0 Å². The van der Waals surface area contributed by atoms with Gasteiger partial charge >= 0.3 is 0 Å². The number of anilines is 3. The molecule has 1 heterocycles. The van der Waals surface area contributed by atoms with Crippen molar-refractivity contribution in [1.82, 2.24) is 4.57 Å². The van der Waals surface area contributed by atoms with Crippen LogP contribution in [0.2, 0.25) is 0 Å². The predicted octanol–water partition coefficient (Wildman–Crippen LogP) is 17.2. The monoisotopic (exact) mass is 814 g/mol. The van der Waals surface area contributed by atoms with Gasteiger partial charge in [0.25, 0.3) is 0 Å². The highest BCUT2D eigenvalue weighted by molar-refractivity contribution is 6.12. The first kappa shape index (κ1) is 37.3. The molecular formula is C62H42N2. The summed E-state index contributed by atoms with van der Waals surface area (Å²) in [7, 11) is 0. The van der Waals surface area contributed by atoms with Gasteiger partial charge in [0.05, 0.1) is 16.7 Å². The number of fused-ring (bicyclic) bond motifs is 6. The van der Waals surface area contributed by atoms with Crippen molar-refractivity contribution in [3.63, 3.8) is 0 Å². The van der Waals surface area contributed by atoms with Gasteiger partial charge in [-0.15, -0.1) is 0 Å². The Morgan fingerprint density at radius 2 is 0.766 bits per heavy atom. The summed E-state index contributed by atoms with van der Waals surface area (Å²) in [6, 6.07) is 92.6. The van der Waals surface area contributed by atoms with Crippen molar-refractivity contribution in [3.05, 3.63) is 255 Å². The summed E-state index contributed by atoms with van der Waals surface area (Å²) in [6.45, 7) is 0. The van der Waals surface area contributed by atoms with E-state index in [9.17, 15) is 0 Å². The first-order chi connectivity index (χ1) is 31.7. The van der Waals surface area contributed by atoms with Gasteiger partial charge in [-0.1, -0.05) is 200 Å². The Morgan fingerprint density at radius 3 is 1.55 bits per heavy atom. The lowest BCUT2D eigenvalue weighted by molar-refractivity contribution is 1.18. The number of nitrogens with zero attached hydrogens (tertiary/aromatic N) is 2. The van der Waals surface area contributed by atoms with Crippen LogP contribution in [0, 0.1) is 0 Å². The van der Waals surface area contributed by atoms with Crippen molar-refractivity contribution in [1.29, 1.82) is 0 Å². The first-order valence-corrected chi connectivity index (χ1v) is 22.0. The summed E-state index contributed by atoms with van der Waals surface area (Å²) in [6.07, 6.45) is 0. The van der Waals surface area contributed by atoms with E-state index in [2.05, 4.69) is 264 Å². The fourth-order valence-corrected chi connectivity index (χ4v) is 9.70. The van der Waals surface area contributed by atoms with E-state index < -0.39 is 0 Å². The number of rotatable bonds is 8. The average Bonchev–Trinajstić information content (AvgIpc) is 3.71. The van der Waals surface area contributed by atoms with E-state index in [1.54, 1.807) is 0 Å². The predicted molar refractivity (Wildman–Crippen MR) is 272 cm³/mol. The molecule has 300 valence electrons. The third-order valence-corrected chi connectivity index (χ3v) is 12.8. The maximum atomic E-state index is 2.40. The van der Waals surface area contributed by atoms with Gasteiger partial charge < -0.3 is 9.47 Å². The van der Waals surface area contributed by atoms with E-state index >= 15 is 0 Å². The molecule has 0 saturated heterocycles. The molecule has 0 spiro atoms. The maximum absolute atomic E-state index is 2.40. The molecule has 2 nitrogen and oxygen atoms in total. The molecule has 0 N–H and O–H groups in total. The molecule has 12 aromatic rings. The lowest BCUT2D eigenvalue weighted by Crippen LogP contribution is -2.11. The molecule has 0 saturated carbocycles. The summed E-state index contributed by atoms with van der Waals surface area (Å²) in [5, 5.41) is 7.57. The van der Waals surface area contributed by atoms with Crippen LogP contribution < -0.4 is 4.90 Å². The highest BCUT2D eigenvalue weighted by Crippen LogP contribution is 2.43. The van der Waals surface area contributed by atoms with Gasteiger partial charge in [-0.25, -0.2) is 0 Å². The van der Waals surface area contributed by atoms with E-state index in [0.29, 0.717) is 0 Å². The molecule has 0 bridgehead atoms. The molecule has 1 aromatic heterocycles. The van der Waals surface area contributed by atoms with Crippen LogP contribution in [0.5, 0.6) is 0 Å². The highest BCUT2D eigenvalue weighted by atomic mass is 15.1. The smallest absolute Gasteiger partial charge is 0.0547 e. The second-order valence-corrected chi connectivity index (χ2v) is 16.5. The van der Waals surface area contributed by atoms with Crippen molar-refractivity contribution < 1.29 is 0 Å². The second kappa shape index (κ2) is 15.8. The Balaban J connectivity index is 0.967. The Labute approximate surface area is 373 Å². The van der Waals surface area contributed by atoms with Gasteiger partial charge in [-0.3, -0.25) is 0 Å². The van der Waals surface area contributed by atoms with Crippen LogP contribution in [0.15, 0.2) is 255 Å². The molecule has 0 aliphatic heterocycles. The second-order valence-electron chi connectivity index (χ2n) is 16.5. The highest BCUT2D eigenvalue weighted by Gasteiger charge is 2.19. The summed E-state index contributed by atoms with van der Waals surface area (Å²) in [5.74, 6) is 0. The Morgan fingerprint density at radius 1 is 0.266 bits per heavy atom. The largest absolute Gasteiger partial charge is 0.310 e. The van der Waals surface area contributed by atoms with E-state index in [4.69, 9.17) is 0 Å². The summed E-state index contributed by atoms with van der Waals surface area (Å²) in [4.78, 5) is 2.40. The molecule has 0 atom stereocenters. The minimum Gasteiger partial charge on any atom is -0.310 e. The van der Waals surface area contributed by atoms with Crippen molar-refractivity contribution in [2.24, 2.45) is 0 Å². The Bertz CT molecular complexity index is 3620. The fourth-order valence-electron chi connectivity index (χ4n) is 9.70. The van der Waals surface area contributed by atoms with Gasteiger partial charge in [0.2, 0.25) is 0 Å². The quantitative estimate of drug-likeness (QED) is 0.139. The third kappa shape index (κ3) is 6.52. The normalized spacial score (nSPS) is 11.4. The molecule has 0 amide bonds. The van der Waals surface area contributed by atoms with Crippen molar-refractivity contribution in [3.8, 4) is 50.2 Å². The molecule has 0 aliphatic carbocycles. The number of para-hydroxylation sites is 3. The zero-order valence-corrected chi connectivity index (χ0v) is 35.1. The van der Waals surface area contributed by atoms with Crippen LogP contribution in [-0.2, 0) is 0 Å².